The van der Waals surface area contributed by atoms with Gasteiger partial charge in [0.25, 0.3) is 0 Å². The van der Waals surface area contributed by atoms with Crippen LogP contribution in [0.3, 0.4) is 0 Å². The third-order valence-electron chi connectivity index (χ3n) is 1.97. The van der Waals surface area contributed by atoms with E-state index in [0.29, 0.717) is 21.4 Å². The summed E-state index contributed by atoms with van der Waals surface area (Å²) in [5.74, 6) is -0.139. The molecule has 1 aromatic carbocycles. The van der Waals surface area contributed by atoms with Crippen LogP contribution in [-0.4, -0.2) is 20.8 Å². The van der Waals surface area contributed by atoms with Crippen molar-refractivity contribution < 1.29 is 4.79 Å². The van der Waals surface area contributed by atoms with Gasteiger partial charge in [-0.25, -0.2) is 4.68 Å². The van der Waals surface area contributed by atoms with Gasteiger partial charge in [0.2, 0.25) is 0 Å². The highest BCUT2D eigenvalue weighted by Gasteiger charge is 2.07. The van der Waals surface area contributed by atoms with E-state index < -0.39 is 0 Å². The van der Waals surface area contributed by atoms with E-state index in [1.807, 2.05) is 0 Å². The summed E-state index contributed by atoms with van der Waals surface area (Å²) < 4.78 is 1.45. The van der Waals surface area contributed by atoms with Crippen molar-refractivity contribution in [1.82, 2.24) is 15.0 Å². The van der Waals surface area contributed by atoms with Crippen LogP contribution in [0, 0.1) is 0 Å². The van der Waals surface area contributed by atoms with Crippen LogP contribution in [0.5, 0.6) is 0 Å². The van der Waals surface area contributed by atoms with Gasteiger partial charge in [0.15, 0.2) is 5.78 Å². The van der Waals surface area contributed by atoms with Gasteiger partial charge in [-0.1, -0.05) is 28.4 Å². The second kappa shape index (κ2) is 4.23. The molecule has 0 bridgehead atoms. The predicted octanol–water partition coefficient (Wildman–Crippen LogP) is 2.78. The Morgan fingerprint density at radius 3 is 2.38 bits per heavy atom. The van der Waals surface area contributed by atoms with E-state index in [1.54, 1.807) is 18.2 Å². The summed E-state index contributed by atoms with van der Waals surface area (Å²) in [5, 5.41) is 8.55. The standard InChI is InChI=1S/C10H7Cl2N3O/c1-6(16)10-5-15(14-13-10)9-3-7(11)2-8(12)4-9/h2-5H,1H3. The smallest absolute Gasteiger partial charge is 0.181 e. The van der Waals surface area contributed by atoms with Gasteiger partial charge in [0.1, 0.15) is 5.69 Å². The Labute approximate surface area is 102 Å². The topological polar surface area (TPSA) is 47.8 Å². The molecule has 0 aliphatic heterocycles. The van der Waals surface area contributed by atoms with Crippen molar-refractivity contribution in [3.05, 3.63) is 40.1 Å². The third-order valence-corrected chi connectivity index (χ3v) is 2.40. The van der Waals surface area contributed by atoms with Gasteiger partial charge < -0.3 is 0 Å². The minimum atomic E-state index is -0.139. The van der Waals surface area contributed by atoms with E-state index in [0.717, 1.165) is 0 Å². The molecular weight excluding hydrogens is 249 g/mol. The zero-order chi connectivity index (χ0) is 11.7. The van der Waals surface area contributed by atoms with Crippen LogP contribution in [-0.2, 0) is 0 Å². The molecule has 0 spiro atoms. The summed E-state index contributed by atoms with van der Waals surface area (Å²) in [7, 11) is 0. The number of halogens is 2. The minimum Gasteiger partial charge on any atom is -0.293 e. The maximum atomic E-state index is 11.1. The lowest BCUT2D eigenvalue weighted by molar-refractivity contribution is 0.101. The molecule has 16 heavy (non-hydrogen) atoms. The van der Waals surface area contributed by atoms with Gasteiger partial charge >= 0.3 is 0 Å². The summed E-state index contributed by atoms with van der Waals surface area (Å²) in [6, 6.07) is 4.99. The molecule has 0 saturated carbocycles. The van der Waals surface area contributed by atoms with Crippen molar-refractivity contribution in [2.24, 2.45) is 0 Å². The van der Waals surface area contributed by atoms with Crippen molar-refractivity contribution >= 4 is 29.0 Å². The van der Waals surface area contributed by atoms with Gasteiger partial charge in [-0.2, -0.15) is 0 Å². The van der Waals surface area contributed by atoms with Crippen LogP contribution >= 0.6 is 23.2 Å². The number of carbonyl (C=O) groups is 1. The molecule has 1 heterocycles. The summed E-state index contributed by atoms with van der Waals surface area (Å²) in [5.41, 5.74) is 0.966. The zero-order valence-electron chi connectivity index (χ0n) is 8.32. The summed E-state index contributed by atoms with van der Waals surface area (Å²) >= 11 is 11.7. The number of ketones is 1. The van der Waals surface area contributed by atoms with Crippen LogP contribution in [0.1, 0.15) is 17.4 Å². The average Bonchev–Trinajstić information content (AvgIpc) is 2.64. The highest BCUT2D eigenvalue weighted by atomic mass is 35.5. The third kappa shape index (κ3) is 2.23. The monoisotopic (exact) mass is 255 g/mol. The fourth-order valence-electron chi connectivity index (χ4n) is 1.22. The first-order valence-corrected chi connectivity index (χ1v) is 5.21. The van der Waals surface area contributed by atoms with Crippen molar-refractivity contribution in [2.45, 2.75) is 6.92 Å². The average molecular weight is 256 g/mol. The molecule has 0 amide bonds. The van der Waals surface area contributed by atoms with Gasteiger partial charge in [-0.3, -0.25) is 4.79 Å². The van der Waals surface area contributed by atoms with Crippen LogP contribution in [0.15, 0.2) is 24.4 Å². The maximum absolute atomic E-state index is 11.1. The normalized spacial score (nSPS) is 10.4. The molecule has 0 fully saturated rings. The number of hydrogen-bond donors (Lipinski definition) is 0. The van der Waals surface area contributed by atoms with Crippen molar-refractivity contribution in [3.63, 3.8) is 0 Å². The fourth-order valence-corrected chi connectivity index (χ4v) is 1.74. The van der Waals surface area contributed by atoms with Crippen molar-refractivity contribution in [2.75, 3.05) is 0 Å². The molecule has 2 rings (SSSR count). The largest absolute Gasteiger partial charge is 0.293 e. The van der Waals surface area contributed by atoms with Crippen molar-refractivity contribution in [1.29, 1.82) is 0 Å². The van der Waals surface area contributed by atoms with Gasteiger partial charge in [-0.15, -0.1) is 5.10 Å². The number of nitrogens with zero attached hydrogens (tertiary/aromatic N) is 3. The Bertz CT molecular complexity index is 530. The van der Waals surface area contributed by atoms with Crippen LogP contribution in [0.4, 0.5) is 0 Å². The van der Waals surface area contributed by atoms with E-state index in [1.165, 1.54) is 17.8 Å². The van der Waals surface area contributed by atoms with Gasteiger partial charge in [0.05, 0.1) is 11.9 Å². The SMILES string of the molecule is CC(=O)c1cn(-c2cc(Cl)cc(Cl)c2)nn1. The Kier molecular flexibility index (Phi) is 2.94. The number of Topliss-reactive ketones (excluding diaryl/α,β-unsaturated/α-hetero) is 1. The first-order valence-electron chi connectivity index (χ1n) is 4.46. The molecule has 4 nitrogen and oxygen atoms in total. The summed E-state index contributed by atoms with van der Waals surface area (Å²) in [6.07, 6.45) is 1.53. The van der Waals surface area contributed by atoms with Crippen LogP contribution in [0.2, 0.25) is 10.0 Å². The van der Waals surface area contributed by atoms with Gasteiger partial charge in [-0.05, 0) is 18.2 Å². The van der Waals surface area contributed by atoms with E-state index in [-0.39, 0.29) is 5.78 Å². The van der Waals surface area contributed by atoms with E-state index in [4.69, 9.17) is 23.2 Å². The molecule has 6 heteroatoms. The Morgan fingerprint density at radius 2 is 1.88 bits per heavy atom. The van der Waals surface area contributed by atoms with Crippen LogP contribution in [0.25, 0.3) is 5.69 Å². The van der Waals surface area contributed by atoms with E-state index >= 15 is 0 Å². The molecule has 0 N–H and O–H groups in total. The minimum absolute atomic E-state index is 0.139. The maximum Gasteiger partial charge on any atom is 0.181 e. The van der Waals surface area contributed by atoms with Crippen molar-refractivity contribution in [3.8, 4) is 5.69 Å². The number of carbonyl (C=O) groups excluding carboxylic acids is 1. The highest BCUT2D eigenvalue weighted by molar-refractivity contribution is 6.34. The van der Waals surface area contributed by atoms with E-state index in [2.05, 4.69) is 10.3 Å². The van der Waals surface area contributed by atoms with Gasteiger partial charge in [0, 0.05) is 17.0 Å². The Balaban J connectivity index is 2.46. The number of hydrogen-bond acceptors (Lipinski definition) is 3. The molecule has 0 saturated heterocycles. The molecule has 0 atom stereocenters. The molecular formula is C10H7Cl2N3O. The Hall–Kier alpha value is -1.39. The molecule has 0 aliphatic rings. The lowest BCUT2D eigenvalue weighted by Gasteiger charge is -2.01. The lowest BCUT2D eigenvalue weighted by atomic mass is 10.3. The number of benzene rings is 1. The highest BCUT2D eigenvalue weighted by Crippen LogP contribution is 2.21. The molecule has 0 aliphatic carbocycles. The summed E-state index contributed by atoms with van der Waals surface area (Å²) in [6.45, 7) is 1.43. The second-order valence-electron chi connectivity index (χ2n) is 3.23. The fraction of sp³-hybridized carbons (Fsp3) is 0.100. The van der Waals surface area contributed by atoms with Crippen LogP contribution < -0.4 is 0 Å². The number of rotatable bonds is 2. The predicted molar refractivity (Wildman–Crippen MR) is 61.4 cm³/mol. The molecule has 1 aromatic heterocycles. The Morgan fingerprint density at radius 1 is 1.25 bits per heavy atom. The summed E-state index contributed by atoms with van der Waals surface area (Å²) in [4.78, 5) is 11.1. The second-order valence-corrected chi connectivity index (χ2v) is 4.11. The first kappa shape index (κ1) is 11.1. The van der Waals surface area contributed by atoms with E-state index in [9.17, 15) is 4.79 Å². The lowest BCUT2D eigenvalue weighted by Crippen LogP contribution is -1.94. The molecule has 2 aromatic rings. The zero-order valence-corrected chi connectivity index (χ0v) is 9.83. The number of aromatic nitrogens is 3. The molecule has 0 radical (unpaired) electrons. The molecule has 0 unspecified atom stereocenters. The molecule has 82 valence electrons. The quantitative estimate of drug-likeness (QED) is 0.776. The first-order chi connectivity index (χ1) is 7.56.